The maximum atomic E-state index is 12.5. The van der Waals surface area contributed by atoms with Crippen LogP contribution in [0.2, 0.25) is 0 Å². The highest BCUT2D eigenvalue weighted by atomic mass is 79.9. The van der Waals surface area contributed by atoms with Crippen LogP contribution in [0.25, 0.3) is 22.6 Å². The van der Waals surface area contributed by atoms with E-state index in [-0.39, 0.29) is 16.8 Å². The fraction of sp³-hybridized carbons (Fsp3) is 0.0455. The number of anilines is 1. The Morgan fingerprint density at radius 2 is 1.91 bits per heavy atom. The summed E-state index contributed by atoms with van der Waals surface area (Å²) in [4.78, 5) is 17.0. The molecule has 0 radical (unpaired) electrons. The second-order valence-corrected chi connectivity index (χ2v) is 8.74. The van der Waals surface area contributed by atoms with Gasteiger partial charge in [0, 0.05) is 16.8 Å². The van der Waals surface area contributed by atoms with Crippen molar-refractivity contribution in [2.75, 3.05) is 12.4 Å². The maximum absolute atomic E-state index is 12.5. The Hall–Kier alpha value is -2.95. The highest BCUT2D eigenvalue weighted by molar-refractivity contribution is 9.10. The fourth-order valence-corrected chi connectivity index (χ4v) is 4.04. The molecule has 0 unspecified atom stereocenters. The standard InChI is InChI=1S/C22H15Br2N3O4S/c1-30-18-6-3-11(8-15(18)24)20(29)27-22(32)25-13-4-7-19-16(10-13)26-21(31-19)12-2-5-17(28)14(23)9-12/h2-10,28H,1H3,(H2,25,27,29,32). The summed E-state index contributed by atoms with van der Waals surface area (Å²) >= 11 is 11.9. The van der Waals surface area contributed by atoms with Crippen molar-refractivity contribution in [3.05, 3.63) is 69.1 Å². The van der Waals surface area contributed by atoms with E-state index in [2.05, 4.69) is 47.5 Å². The van der Waals surface area contributed by atoms with Crippen LogP contribution < -0.4 is 15.4 Å². The predicted molar refractivity (Wildman–Crippen MR) is 133 cm³/mol. The lowest BCUT2D eigenvalue weighted by molar-refractivity contribution is 0.0977. The van der Waals surface area contributed by atoms with Crippen molar-refractivity contribution in [2.45, 2.75) is 0 Å². The number of fused-ring (bicyclic) bond motifs is 1. The van der Waals surface area contributed by atoms with Crippen LogP contribution in [0.5, 0.6) is 11.5 Å². The number of carbonyl (C=O) groups is 1. The van der Waals surface area contributed by atoms with Gasteiger partial charge in [-0.3, -0.25) is 10.1 Å². The van der Waals surface area contributed by atoms with E-state index >= 15 is 0 Å². The molecule has 162 valence electrons. The van der Waals surface area contributed by atoms with Gasteiger partial charge in [0.15, 0.2) is 10.7 Å². The van der Waals surface area contributed by atoms with Crippen LogP contribution in [0.1, 0.15) is 10.4 Å². The summed E-state index contributed by atoms with van der Waals surface area (Å²) in [5, 5.41) is 15.4. The number of aromatic hydroxyl groups is 1. The molecule has 3 aromatic carbocycles. The number of rotatable bonds is 4. The molecule has 0 fully saturated rings. The average molecular weight is 577 g/mol. The van der Waals surface area contributed by atoms with E-state index < -0.39 is 0 Å². The summed E-state index contributed by atoms with van der Waals surface area (Å²) in [7, 11) is 1.55. The number of halogens is 2. The largest absolute Gasteiger partial charge is 0.507 e. The molecule has 1 heterocycles. The molecule has 32 heavy (non-hydrogen) atoms. The van der Waals surface area contributed by atoms with E-state index in [1.54, 1.807) is 61.7 Å². The van der Waals surface area contributed by atoms with Crippen molar-refractivity contribution in [2.24, 2.45) is 0 Å². The number of aromatic nitrogens is 1. The van der Waals surface area contributed by atoms with Crippen molar-refractivity contribution >= 4 is 71.9 Å². The second-order valence-electron chi connectivity index (χ2n) is 6.63. The van der Waals surface area contributed by atoms with Crippen LogP contribution >= 0.6 is 44.1 Å². The number of oxazole rings is 1. The smallest absolute Gasteiger partial charge is 0.257 e. The van der Waals surface area contributed by atoms with Gasteiger partial charge in [0.05, 0.1) is 16.1 Å². The first-order valence-electron chi connectivity index (χ1n) is 9.19. The first-order valence-corrected chi connectivity index (χ1v) is 11.2. The van der Waals surface area contributed by atoms with E-state index in [4.69, 9.17) is 21.4 Å². The minimum absolute atomic E-state index is 0.133. The molecule has 0 aliphatic heterocycles. The quantitative estimate of drug-likeness (QED) is 0.262. The Bertz CT molecular complexity index is 1360. The van der Waals surface area contributed by atoms with Crippen LogP contribution in [0.4, 0.5) is 5.69 Å². The van der Waals surface area contributed by atoms with E-state index in [9.17, 15) is 9.90 Å². The fourth-order valence-electron chi connectivity index (χ4n) is 2.91. The number of nitrogens with zero attached hydrogens (tertiary/aromatic N) is 1. The van der Waals surface area contributed by atoms with Gasteiger partial charge < -0.3 is 19.6 Å². The predicted octanol–water partition coefficient (Wildman–Crippen LogP) is 5.86. The molecule has 10 heteroatoms. The number of ether oxygens (including phenoxy) is 1. The Balaban J connectivity index is 1.47. The first kappa shape index (κ1) is 22.3. The molecule has 0 saturated heterocycles. The number of carbonyl (C=O) groups excluding carboxylic acids is 1. The third kappa shape index (κ3) is 4.77. The van der Waals surface area contributed by atoms with Crippen molar-refractivity contribution < 1.29 is 19.1 Å². The highest BCUT2D eigenvalue weighted by Gasteiger charge is 2.13. The third-order valence-corrected chi connectivity index (χ3v) is 5.94. The summed E-state index contributed by atoms with van der Waals surface area (Å²) in [6.07, 6.45) is 0. The molecule has 1 aromatic heterocycles. The number of benzene rings is 3. The van der Waals surface area contributed by atoms with Crippen LogP contribution in [-0.2, 0) is 0 Å². The number of amides is 1. The zero-order valence-electron chi connectivity index (χ0n) is 16.5. The first-order chi connectivity index (χ1) is 15.3. The number of phenolic OH excluding ortho intramolecular Hbond substituents is 1. The third-order valence-electron chi connectivity index (χ3n) is 4.48. The summed E-state index contributed by atoms with van der Waals surface area (Å²) < 4.78 is 12.2. The SMILES string of the molecule is COc1ccc(C(=O)NC(=S)Nc2ccc3oc(-c4ccc(O)c(Br)c4)nc3c2)cc1Br. The Labute approximate surface area is 205 Å². The van der Waals surface area contributed by atoms with Gasteiger partial charge in [-0.25, -0.2) is 4.98 Å². The van der Waals surface area contributed by atoms with Gasteiger partial charge in [0.2, 0.25) is 5.89 Å². The summed E-state index contributed by atoms with van der Waals surface area (Å²) in [6, 6.07) is 15.3. The number of thiocarbonyl (C=S) groups is 1. The molecule has 0 aliphatic rings. The van der Waals surface area contributed by atoms with Crippen molar-refractivity contribution in [3.63, 3.8) is 0 Å². The zero-order valence-corrected chi connectivity index (χ0v) is 20.5. The molecule has 7 nitrogen and oxygen atoms in total. The number of hydrogen-bond donors (Lipinski definition) is 3. The molecule has 4 rings (SSSR count). The average Bonchev–Trinajstić information content (AvgIpc) is 3.19. The number of methoxy groups -OCH3 is 1. The summed E-state index contributed by atoms with van der Waals surface area (Å²) in [5.74, 6) is 0.823. The van der Waals surface area contributed by atoms with Crippen molar-refractivity contribution in [3.8, 4) is 23.0 Å². The van der Waals surface area contributed by atoms with Gasteiger partial charge in [0.25, 0.3) is 5.91 Å². The van der Waals surface area contributed by atoms with Crippen LogP contribution in [0.15, 0.2) is 68.0 Å². The number of nitrogens with one attached hydrogen (secondary N) is 2. The monoisotopic (exact) mass is 575 g/mol. The molecule has 3 N–H and O–H groups in total. The summed E-state index contributed by atoms with van der Waals surface area (Å²) in [5.41, 5.74) is 2.99. The van der Waals surface area contributed by atoms with Crippen LogP contribution in [-0.4, -0.2) is 28.2 Å². The van der Waals surface area contributed by atoms with Gasteiger partial charge >= 0.3 is 0 Å². The Morgan fingerprint density at radius 3 is 2.62 bits per heavy atom. The molecular weight excluding hydrogens is 562 g/mol. The second kappa shape index (κ2) is 9.27. The van der Waals surface area contributed by atoms with Crippen LogP contribution in [0, 0.1) is 0 Å². The highest BCUT2D eigenvalue weighted by Crippen LogP contribution is 2.31. The Morgan fingerprint density at radius 1 is 1.09 bits per heavy atom. The molecule has 0 aliphatic carbocycles. The zero-order chi connectivity index (χ0) is 22.8. The lowest BCUT2D eigenvalue weighted by Gasteiger charge is -2.10. The maximum Gasteiger partial charge on any atom is 0.257 e. The van der Waals surface area contributed by atoms with Crippen LogP contribution in [0.3, 0.4) is 0 Å². The summed E-state index contributed by atoms with van der Waals surface area (Å²) in [6.45, 7) is 0. The molecule has 4 aromatic rings. The van der Waals surface area contributed by atoms with Gasteiger partial charge in [-0.1, -0.05) is 0 Å². The molecule has 0 spiro atoms. The number of hydrogen-bond acceptors (Lipinski definition) is 6. The Kier molecular flexibility index (Phi) is 6.45. The topological polar surface area (TPSA) is 96.6 Å². The molecule has 0 saturated carbocycles. The van der Waals surface area contributed by atoms with Crippen molar-refractivity contribution in [1.29, 1.82) is 0 Å². The lowest BCUT2D eigenvalue weighted by atomic mass is 10.2. The molecule has 0 bridgehead atoms. The minimum atomic E-state index is -0.353. The van der Waals surface area contributed by atoms with Gasteiger partial charge in [-0.2, -0.15) is 0 Å². The lowest BCUT2D eigenvalue weighted by Crippen LogP contribution is -2.34. The van der Waals surface area contributed by atoms with Crippen molar-refractivity contribution in [1.82, 2.24) is 10.3 Å². The van der Waals surface area contributed by atoms with E-state index in [1.807, 2.05) is 0 Å². The van der Waals surface area contributed by atoms with Gasteiger partial charge in [-0.15, -0.1) is 0 Å². The van der Waals surface area contributed by atoms with E-state index in [0.717, 1.165) is 0 Å². The molecule has 0 atom stereocenters. The van der Waals surface area contributed by atoms with Gasteiger partial charge in [-0.05, 0) is 98.7 Å². The van der Waals surface area contributed by atoms with Gasteiger partial charge in [0.1, 0.15) is 17.0 Å². The van der Waals surface area contributed by atoms with E-state index in [1.165, 1.54) is 0 Å². The van der Waals surface area contributed by atoms with E-state index in [0.29, 0.717) is 48.5 Å². The minimum Gasteiger partial charge on any atom is -0.507 e. The normalized spacial score (nSPS) is 10.7. The number of phenols is 1. The molecular formula is C22H15Br2N3O4S. The molecule has 1 amide bonds.